The van der Waals surface area contributed by atoms with Crippen molar-refractivity contribution in [1.29, 1.82) is 0 Å². The highest BCUT2D eigenvalue weighted by atomic mass is 32.2. The zero-order chi connectivity index (χ0) is 22.3. The van der Waals surface area contributed by atoms with Crippen LogP contribution in [0.3, 0.4) is 0 Å². The molecule has 0 radical (unpaired) electrons. The van der Waals surface area contributed by atoms with Crippen molar-refractivity contribution in [2.75, 3.05) is 32.0 Å². The lowest BCUT2D eigenvalue weighted by atomic mass is 9.97. The van der Waals surface area contributed by atoms with Gasteiger partial charge >= 0.3 is 5.97 Å². The number of nitrogens with zero attached hydrogens (tertiary/aromatic N) is 3. The van der Waals surface area contributed by atoms with Gasteiger partial charge in [0.15, 0.2) is 12.4 Å². The van der Waals surface area contributed by atoms with Crippen LogP contribution in [0.5, 0.6) is 0 Å². The van der Waals surface area contributed by atoms with Crippen LogP contribution >= 0.6 is 11.3 Å². The van der Waals surface area contributed by atoms with Crippen molar-refractivity contribution in [1.82, 2.24) is 19.3 Å². The van der Waals surface area contributed by atoms with Crippen molar-refractivity contribution in [3.05, 3.63) is 34.2 Å². The lowest BCUT2D eigenvalue weighted by Crippen LogP contribution is -2.40. The number of thiophene rings is 1. The lowest BCUT2D eigenvalue weighted by Gasteiger charge is -2.25. The van der Waals surface area contributed by atoms with Crippen LogP contribution in [0.2, 0.25) is 0 Å². The Hall–Kier alpha value is -2.54. The number of fused-ring (bicyclic) bond motifs is 3. The van der Waals surface area contributed by atoms with Crippen LogP contribution in [0.4, 0.5) is 5.82 Å². The summed E-state index contributed by atoms with van der Waals surface area (Å²) in [6, 6.07) is 1.28. The molecule has 3 aromatic heterocycles. The van der Waals surface area contributed by atoms with E-state index in [1.165, 1.54) is 27.0 Å². The van der Waals surface area contributed by atoms with E-state index >= 15 is 0 Å². The molecule has 1 aliphatic heterocycles. The first-order valence-corrected chi connectivity index (χ1v) is 12.7. The lowest BCUT2D eigenvalue weighted by molar-refractivity contribution is 0.0456. The van der Waals surface area contributed by atoms with Gasteiger partial charge in [-0.2, -0.15) is 4.31 Å². The molecule has 0 atom stereocenters. The predicted octanol–water partition coefficient (Wildman–Crippen LogP) is 1.86. The van der Waals surface area contributed by atoms with Gasteiger partial charge in [0.1, 0.15) is 21.2 Å². The van der Waals surface area contributed by atoms with Gasteiger partial charge in [-0.05, 0) is 37.3 Å². The van der Waals surface area contributed by atoms with E-state index in [1.807, 2.05) is 0 Å². The molecular formula is C20H23N5O5S2. The third kappa shape index (κ3) is 3.87. The van der Waals surface area contributed by atoms with Crippen LogP contribution in [0, 0.1) is 0 Å². The van der Waals surface area contributed by atoms with Gasteiger partial charge in [0.05, 0.1) is 18.6 Å². The third-order valence-corrected chi connectivity index (χ3v) is 8.77. The zero-order valence-electron chi connectivity index (χ0n) is 17.3. The van der Waals surface area contributed by atoms with E-state index in [1.54, 1.807) is 11.3 Å². The molecule has 32 heavy (non-hydrogen) atoms. The van der Waals surface area contributed by atoms with Gasteiger partial charge in [-0.25, -0.2) is 23.2 Å². The van der Waals surface area contributed by atoms with E-state index in [9.17, 15) is 13.2 Å². The SMILES string of the molecule is Nc1nc(COC(=O)c2cc(S(=O)(=O)N3CCOCC3)c[nH]2)nc2sc3c(c12)CCCC3. The molecule has 0 bridgehead atoms. The van der Waals surface area contributed by atoms with Crippen molar-refractivity contribution in [2.45, 2.75) is 37.2 Å². The molecule has 1 fully saturated rings. The number of hydrogen-bond acceptors (Lipinski definition) is 9. The Labute approximate surface area is 188 Å². The average Bonchev–Trinajstić information content (AvgIpc) is 3.44. The minimum atomic E-state index is -3.70. The van der Waals surface area contributed by atoms with Crippen LogP contribution in [0.25, 0.3) is 10.2 Å². The molecule has 170 valence electrons. The smallest absolute Gasteiger partial charge is 0.355 e. The van der Waals surface area contributed by atoms with Gasteiger partial charge in [0, 0.05) is 24.2 Å². The molecule has 0 unspecified atom stereocenters. The summed E-state index contributed by atoms with van der Waals surface area (Å²) in [7, 11) is -3.70. The summed E-state index contributed by atoms with van der Waals surface area (Å²) in [6.45, 7) is 1.09. The monoisotopic (exact) mass is 477 g/mol. The van der Waals surface area contributed by atoms with Crippen molar-refractivity contribution >= 4 is 43.4 Å². The fraction of sp³-hybridized carbons (Fsp3) is 0.450. The number of ether oxygens (including phenoxy) is 2. The summed E-state index contributed by atoms with van der Waals surface area (Å²) < 4.78 is 37.3. The largest absolute Gasteiger partial charge is 0.453 e. The molecule has 3 aromatic rings. The summed E-state index contributed by atoms with van der Waals surface area (Å²) in [5.74, 6) is 0.0232. The Morgan fingerprint density at radius 1 is 1.25 bits per heavy atom. The second-order valence-corrected chi connectivity index (χ2v) is 10.8. The van der Waals surface area contributed by atoms with E-state index in [-0.39, 0.29) is 30.3 Å². The van der Waals surface area contributed by atoms with Gasteiger partial charge in [0.25, 0.3) is 0 Å². The molecule has 3 N–H and O–H groups in total. The number of nitrogens with two attached hydrogens (primary N) is 1. The zero-order valence-corrected chi connectivity index (χ0v) is 18.9. The van der Waals surface area contributed by atoms with Gasteiger partial charge in [-0.3, -0.25) is 0 Å². The van der Waals surface area contributed by atoms with E-state index in [0.29, 0.717) is 24.9 Å². The third-order valence-electron chi connectivity index (χ3n) is 5.71. The van der Waals surface area contributed by atoms with Gasteiger partial charge in [-0.1, -0.05) is 0 Å². The molecule has 4 heterocycles. The van der Waals surface area contributed by atoms with Crippen LogP contribution in [-0.4, -0.2) is 59.9 Å². The van der Waals surface area contributed by atoms with E-state index in [2.05, 4.69) is 15.0 Å². The van der Waals surface area contributed by atoms with Crippen LogP contribution in [0.1, 0.15) is 39.6 Å². The predicted molar refractivity (Wildman–Crippen MR) is 118 cm³/mol. The minimum absolute atomic E-state index is 0.0115. The fourth-order valence-corrected chi connectivity index (χ4v) is 6.77. The second-order valence-electron chi connectivity index (χ2n) is 7.76. The summed E-state index contributed by atoms with van der Waals surface area (Å²) >= 11 is 1.62. The maximum absolute atomic E-state index is 12.7. The number of aryl methyl sites for hydroxylation is 2. The molecule has 0 amide bonds. The average molecular weight is 478 g/mol. The fourth-order valence-electron chi connectivity index (χ4n) is 4.08. The molecule has 0 saturated carbocycles. The maximum Gasteiger partial charge on any atom is 0.355 e. The van der Waals surface area contributed by atoms with E-state index in [0.717, 1.165) is 35.9 Å². The Morgan fingerprint density at radius 2 is 2.03 bits per heavy atom. The van der Waals surface area contributed by atoms with Crippen LogP contribution in [-0.2, 0) is 38.9 Å². The molecular weight excluding hydrogens is 454 g/mol. The molecule has 0 spiro atoms. The Bertz CT molecular complexity index is 1280. The van der Waals surface area contributed by atoms with Gasteiger partial charge in [-0.15, -0.1) is 11.3 Å². The van der Waals surface area contributed by atoms with Crippen molar-refractivity contribution in [2.24, 2.45) is 0 Å². The number of H-pyrrole nitrogens is 1. The maximum atomic E-state index is 12.7. The molecule has 5 rings (SSSR count). The highest BCUT2D eigenvalue weighted by Gasteiger charge is 2.28. The number of sulfonamides is 1. The first-order valence-electron chi connectivity index (χ1n) is 10.4. The van der Waals surface area contributed by atoms with Crippen molar-refractivity contribution in [3.8, 4) is 0 Å². The summed E-state index contributed by atoms with van der Waals surface area (Å²) in [5, 5.41) is 0.919. The summed E-state index contributed by atoms with van der Waals surface area (Å²) in [4.78, 5) is 26.2. The molecule has 12 heteroatoms. The standard InChI is InChI=1S/C20H23N5O5S2/c21-18-17-13-3-1-2-4-15(13)31-19(17)24-16(23-18)11-30-20(26)14-9-12(10-22-14)32(27,28)25-5-7-29-8-6-25/h9-10,22H,1-8,11H2,(H2,21,23,24). The Kier molecular flexibility index (Phi) is 5.61. The number of aromatic nitrogens is 3. The number of aromatic amines is 1. The molecule has 1 saturated heterocycles. The number of hydrogen-bond donors (Lipinski definition) is 2. The first-order chi connectivity index (χ1) is 15.4. The highest BCUT2D eigenvalue weighted by Crippen LogP contribution is 2.37. The van der Waals surface area contributed by atoms with Crippen LogP contribution < -0.4 is 5.73 Å². The number of nitrogen functional groups attached to an aromatic ring is 1. The minimum Gasteiger partial charge on any atom is -0.453 e. The van der Waals surface area contributed by atoms with E-state index in [4.69, 9.17) is 15.2 Å². The van der Waals surface area contributed by atoms with Gasteiger partial charge in [0.2, 0.25) is 10.0 Å². The quantitative estimate of drug-likeness (QED) is 0.531. The number of anilines is 1. The first kappa shape index (κ1) is 21.3. The summed E-state index contributed by atoms with van der Waals surface area (Å²) in [6.07, 6.45) is 5.61. The number of nitrogens with one attached hydrogen (secondary N) is 1. The topological polar surface area (TPSA) is 140 Å². The molecule has 1 aliphatic carbocycles. The Morgan fingerprint density at radius 3 is 2.84 bits per heavy atom. The summed E-state index contributed by atoms with van der Waals surface area (Å²) in [5.41, 5.74) is 7.48. The molecule has 10 nitrogen and oxygen atoms in total. The Balaban J connectivity index is 1.29. The number of carbonyl (C=O) groups excluding carboxylic acids is 1. The molecule has 0 aromatic carbocycles. The number of rotatable bonds is 5. The normalized spacial score (nSPS) is 17.4. The van der Waals surface area contributed by atoms with Crippen molar-refractivity contribution in [3.63, 3.8) is 0 Å². The number of carbonyl (C=O) groups is 1. The van der Waals surface area contributed by atoms with Crippen LogP contribution in [0.15, 0.2) is 17.2 Å². The van der Waals surface area contributed by atoms with E-state index < -0.39 is 16.0 Å². The number of esters is 1. The van der Waals surface area contributed by atoms with Crippen molar-refractivity contribution < 1.29 is 22.7 Å². The molecule has 2 aliphatic rings. The highest BCUT2D eigenvalue weighted by molar-refractivity contribution is 7.89. The second kappa shape index (κ2) is 8.43. The van der Waals surface area contributed by atoms with Gasteiger partial charge < -0.3 is 20.2 Å². The number of morpholine rings is 1.